The standard InChI is InChI=1S/C30H38N4O10/c31-30(39)44-22-8-10-33(11-9-22)12-14-41-16-18-43-20-19-42-17-15-40-13-2-4-21-3-1-5-23-26(21)29(38)34(28(23)37)24-6-7-25(35)32-27(24)36/h1,3,5,22,24H,6-20H2,(H2,31,39)(H,32,35,36). The molecule has 14 nitrogen and oxygen atoms in total. The van der Waals surface area contributed by atoms with Crippen molar-refractivity contribution in [2.45, 2.75) is 37.8 Å². The van der Waals surface area contributed by atoms with Crippen LogP contribution in [0, 0.1) is 11.8 Å². The summed E-state index contributed by atoms with van der Waals surface area (Å²) in [6.07, 6.45) is 0.892. The third kappa shape index (κ3) is 9.31. The maximum absolute atomic E-state index is 13.1. The molecule has 1 atom stereocenters. The Kier molecular flexibility index (Phi) is 12.6. The number of carbonyl (C=O) groups excluding carboxylic acids is 5. The second-order valence-corrected chi connectivity index (χ2v) is 10.3. The number of piperidine rings is 2. The minimum absolute atomic E-state index is 0.0558. The average Bonchev–Trinajstić information content (AvgIpc) is 3.25. The Hall–Kier alpha value is -3.87. The van der Waals surface area contributed by atoms with Crippen LogP contribution in [0.3, 0.4) is 0 Å². The highest BCUT2D eigenvalue weighted by Gasteiger charge is 2.45. The van der Waals surface area contributed by atoms with Crippen LogP contribution in [0.4, 0.5) is 4.79 Å². The topological polar surface area (TPSA) is 176 Å². The molecule has 2 fully saturated rings. The van der Waals surface area contributed by atoms with Crippen LogP contribution in [-0.2, 0) is 33.3 Å². The predicted octanol–water partition coefficient (Wildman–Crippen LogP) is 0.0654. The van der Waals surface area contributed by atoms with Crippen LogP contribution in [0.2, 0.25) is 0 Å². The smallest absolute Gasteiger partial charge is 0.404 e. The molecule has 5 amide bonds. The normalized spacial score (nSPS) is 19.0. The third-order valence-electron chi connectivity index (χ3n) is 7.35. The summed E-state index contributed by atoms with van der Waals surface area (Å²) in [5.74, 6) is 3.47. The zero-order valence-corrected chi connectivity index (χ0v) is 24.5. The number of amides is 5. The molecule has 0 spiro atoms. The summed E-state index contributed by atoms with van der Waals surface area (Å²) < 4.78 is 27.1. The van der Waals surface area contributed by atoms with Gasteiger partial charge in [0, 0.05) is 31.6 Å². The lowest BCUT2D eigenvalue weighted by atomic mass is 10.0. The molecule has 1 unspecified atom stereocenters. The number of carbonyl (C=O) groups is 5. The lowest BCUT2D eigenvalue weighted by Crippen LogP contribution is -2.54. The number of benzene rings is 1. The number of rotatable bonds is 15. The van der Waals surface area contributed by atoms with Crippen LogP contribution >= 0.6 is 0 Å². The lowest BCUT2D eigenvalue weighted by molar-refractivity contribution is -0.136. The van der Waals surface area contributed by atoms with E-state index in [1.54, 1.807) is 12.1 Å². The van der Waals surface area contributed by atoms with Gasteiger partial charge in [0.05, 0.1) is 57.4 Å². The van der Waals surface area contributed by atoms with E-state index in [9.17, 15) is 24.0 Å². The highest BCUT2D eigenvalue weighted by atomic mass is 16.6. The van der Waals surface area contributed by atoms with Crippen molar-refractivity contribution in [3.63, 3.8) is 0 Å². The van der Waals surface area contributed by atoms with Crippen molar-refractivity contribution in [1.29, 1.82) is 0 Å². The van der Waals surface area contributed by atoms with Crippen molar-refractivity contribution >= 4 is 29.7 Å². The second-order valence-electron chi connectivity index (χ2n) is 10.3. The first-order valence-electron chi connectivity index (χ1n) is 14.7. The molecule has 3 heterocycles. The highest BCUT2D eigenvalue weighted by Crippen LogP contribution is 2.29. The molecule has 238 valence electrons. The summed E-state index contributed by atoms with van der Waals surface area (Å²) in [4.78, 5) is 63.7. The van der Waals surface area contributed by atoms with Crippen LogP contribution in [-0.4, -0.2) is 124 Å². The molecular formula is C30H38N4O10. The van der Waals surface area contributed by atoms with Gasteiger partial charge in [-0.3, -0.25) is 29.4 Å². The fourth-order valence-corrected chi connectivity index (χ4v) is 5.14. The molecule has 4 rings (SSSR count). The number of fused-ring (bicyclic) bond motifs is 1. The summed E-state index contributed by atoms with van der Waals surface area (Å²) in [5.41, 5.74) is 5.76. The molecule has 3 aliphatic heterocycles. The summed E-state index contributed by atoms with van der Waals surface area (Å²) in [5, 5.41) is 2.18. The quantitative estimate of drug-likeness (QED) is 0.155. The zero-order valence-electron chi connectivity index (χ0n) is 24.5. The fourth-order valence-electron chi connectivity index (χ4n) is 5.14. The number of ether oxygens (including phenoxy) is 5. The van der Waals surface area contributed by atoms with E-state index in [0.29, 0.717) is 51.8 Å². The van der Waals surface area contributed by atoms with E-state index in [1.165, 1.54) is 6.07 Å². The summed E-state index contributed by atoms with van der Waals surface area (Å²) >= 11 is 0. The molecule has 44 heavy (non-hydrogen) atoms. The van der Waals surface area contributed by atoms with Crippen molar-refractivity contribution in [2.75, 3.05) is 72.5 Å². The van der Waals surface area contributed by atoms with E-state index >= 15 is 0 Å². The molecule has 0 saturated carbocycles. The SMILES string of the molecule is NC(=O)OC1CCN(CCOCCOCCOCCOCC#Cc2cccc3c2C(=O)N(C2CCC(=O)NC2=O)C3=O)CC1. The van der Waals surface area contributed by atoms with Gasteiger partial charge < -0.3 is 34.3 Å². The number of hydrogen-bond acceptors (Lipinski definition) is 11. The number of likely N-dealkylation sites (tertiary alicyclic amines) is 1. The van der Waals surface area contributed by atoms with Gasteiger partial charge in [0.25, 0.3) is 11.8 Å². The molecule has 0 aliphatic carbocycles. The molecule has 1 aromatic rings. The van der Waals surface area contributed by atoms with Crippen molar-refractivity contribution < 1.29 is 47.7 Å². The van der Waals surface area contributed by atoms with Crippen LogP contribution in [0.25, 0.3) is 0 Å². The average molecular weight is 615 g/mol. The maximum atomic E-state index is 13.1. The van der Waals surface area contributed by atoms with Crippen LogP contribution in [0.5, 0.6) is 0 Å². The Morgan fingerprint density at radius 2 is 1.55 bits per heavy atom. The first-order chi connectivity index (χ1) is 21.3. The molecule has 0 radical (unpaired) electrons. The molecule has 0 bridgehead atoms. The number of nitrogens with two attached hydrogens (primary N) is 1. The summed E-state index contributed by atoms with van der Waals surface area (Å²) in [6, 6.07) is 3.76. The molecule has 3 aliphatic rings. The Morgan fingerprint density at radius 1 is 0.886 bits per heavy atom. The molecule has 1 aromatic carbocycles. The number of nitrogens with zero attached hydrogens (tertiary/aromatic N) is 2. The van der Waals surface area contributed by atoms with E-state index in [4.69, 9.17) is 29.4 Å². The van der Waals surface area contributed by atoms with E-state index in [2.05, 4.69) is 22.1 Å². The van der Waals surface area contributed by atoms with Gasteiger partial charge in [0.1, 0.15) is 18.8 Å². The summed E-state index contributed by atoms with van der Waals surface area (Å²) in [6.45, 7) is 5.66. The maximum Gasteiger partial charge on any atom is 0.404 e. The van der Waals surface area contributed by atoms with Gasteiger partial charge in [0.2, 0.25) is 11.8 Å². The van der Waals surface area contributed by atoms with Gasteiger partial charge in [-0.1, -0.05) is 17.9 Å². The van der Waals surface area contributed by atoms with Crippen molar-refractivity contribution in [3.8, 4) is 11.8 Å². The highest BCUT2D eigenvalue weighted by molar-refractivity contribution is 6.24. The van der Waals surface area contributed by atoms with Gasteiger partial charge in [-0.2, -0.15) is 0 Å². The Morgan fingerprint density at radius 3 is 2.20 bits per heavy atom. The Balaban J connectivity index is 1.02. The van der Waals surface area contributed by atoms with E-state index in [-0.39, 0.29) is 36.7 Å². The van der Waals surface area contributed by atoms with Gasteiger partial charge in [-0.25, -0.2) is 4.79 Å². The van der Waals surface area contributed by atoms with E-state index in [0.717, 1.165) is 37.4 Å². The van der Waals surface area contributed by atoms with Crippen molar-refractivity contribution in [3.05, 3.63) is 34.9 Å². The van der Waals surface area contributed by atoms with Crippen LogP contribution in [0.15, 0.2) is 18.2 Å². The van der Waals surface area contributed by atoms with Crippen LogP contribution < -0.4 is 11.1 Å². The van der Waals surface area contributed by atoms with Gasteiger partial charge in [-0.05, 0) is 31.4 Å². The minimum Gasteiger partial charge on any atom is -0.446 e. The summed E-state index contributed by atoms with van der Waals surface area (Å²) in [7, 11) is 0. The zero-order chi connectivity index (χ0) is 31.3. The third-order valence-corrected chi connectivity index (χ3v) is 7.35. The largest absolute Gasteiger partial charge is 0.446 e. The molecular weight excluding hydrogens is 576 g/mol. The number of imide groups is 2. The number of hydrogen-bond donors (Lipinski definition) is 2. The molecule has 14 heteroatoms. The second kappa shape index (κ2) is 16.8. The molecule has 3 N–H and O–H groups in total. The van der Waals surface area contributed by atoms with E-state index in [1.807, 2.05) is 0 Å². The van der Waals surface area contributed by atoms with Crippen LogP contribution in [0.1, 0.15) is 52.0 Å². The van der Waals surface area contributed by atoms with Crippen molar-refractivity contribution in [2.24, 2.45) is 5.73 Å². The first kappa shape index (κ1) is 33.0. The monoisotopic (exact) mass is 614 g/mol. The Labute approximate surface area is 255 Å². The fraction of sp³-hybridized carbons (Fsp3) is 0.567. The van der Waals surface area contributed by atoms with E-state index < -0.39 is 35.8 Å². The predicted molar refractivity (Wildman–Crippen MR) is 153 cm³/mol. The van der Waals surface area contributed by atoms with Gasteiger partial charge in [0.15, 0.2) is 0 Å². The van der Waals surface area contributed by atoms with Crippen molar-refractivity contribution in [1.82, 2.24) is 15.1 Å². The minimum atomic E-state index is -1.03. The molecule has 2 saturated heterocycles. The van der Waals surface area contributed by atoms with Gasteiger partial charge in [-0.15, -0.1) is 0 Å². The Bertz CT molecular complexity index is 1270. The number of nitrogens with one attached hydrogen (secondary N) is 1. The molecule has 0 aromatic heterocycles. The lowest BCUT2D eigenvalue weighted by Gasteiger charge is -2.31. The number of primary amides is 1. The first-order valence-corrected chi connectivity index (χ1v) is 14.7. The van der Waals surface area contributed by atoms with Gasteiger partial charge >= 0.3 is 6.09 Å².